The Hall–Kier alpha value is -1.00. The Morgan fingerprint density at radius 1 is 1.53 bits per heavy atom. The summed E-state index contributed by atoms with van der Waals surface area (Å²) < 4.78 is 12.7. The molecule has 0 aliphatic carbocycles. The predicted molar refractivity (Wildman–Crippen MR) is 56.8 cm³/mol. The van der Waals surface area contributed by atoms with Gasteiger partial charge in [0.1, 0.15) is 5.82 Å². The lowest BCUT2D eigenvalue weighted by molar-refractivity contribution is 0.159. The summed E-state index contributed by atoms with van der Waals surface area (Å²) in [7, 11) is 0. The van der Waals surface area contributed by atoms with Crippen LogP contribution in [0.15, 0.2) is 18.5 Å². The number of nitrogens with one attached hydrogen (secondary N) is 1. The minimum atomic E-state index is -0.317. The molecule has 1 heterocycles. The molecule has 1 aromatic rings. The minimum absolute atomic E-state index is 0.247. The summed E-state index contributed by atoms with van der Waals surface area (Å²) in [6.07, 6.45) is 4.06. The average molecular weight is 212 g/mol. The topological polar surface area (TPSA) is 45.1 Å². The van der Waals surface area contributed by atoms with Crippen molar-refractivity contribution in [2.24, 2.45) is 0 Å². The first-order chi connectivity index (χ1) is 7.22. The van der Waals surface area contributed by atoms with E-state index >= 15 is 0 Å². The first-order valence-corrected chi connectivity index (χ1v) is 5.20. The monoisotopic (exact) mass is 212 g/mol. The van der Waals surface area contributed by atoms with E-state index in [1.807, 2.05) is 6.92 Å². The lowest BCUT2D eigenvalue weighted by atomic mass is 10.2. The van der Waals surface area contributed by atoms with Crippen LogP contribution in [0.25, 0.3) is 0 Å². The molecule has 4 heteroatoms. The zero-order chi connectivity index (χ0) is 11.1. The quantitative estimate of drug-likeness (QED) is 0.702. The van der Waals surface area contributed by atoms with Crippen LogP contribution in [0.3, 0.4) is 0 Å². The Bertz CT molecular complexity index is 294. The molecule has 0 aliphatic rings. The van der Waals surface area contributed by atoms with Gasteiger partial charge in [0, 0.05) is 12.7 Å². The van der Waals surface area contributed by atoms with Gasteiger partial charge in [-0.2, -0.15) is 0 Å². The van der Waals surface area contributed by atoms with Gasteiger partial charge < -0.3 is 10.4 Å². The van der Waals surface area contributed by atoms with Crippen LogP contribution in [0.2, 0.25) is 0 Å². The van der Waals surface area contributed by atoms with Crippen LogP contribution in [-0.4, -0.2) is 22.7 Å². The van der Waals surface area contributed by atoms with Crippen molar-refractivity contribution < 1.29 is 9.50 Å². The van der Waals surface area contributed by atoms with Gasteiger partial charge in [0.25, 0.3) is 0 Å². The summed E-state index contributed by atoms with van der Waals surface area (Å²) in [5.74, 6) is -0.317. The van der Waals surface area contributed by atoms with Gasteiger partial charge in [0.2, 0.25) is 0 Å². The second-order valence-electron chi connectivity index (χ2n) is 3.54. The lowest BCUT2D eigenvalue weighted by Gasteiger charge is -2.08. The van der Waals surface area contributed by atoms with Crippen molar-refractivity contribution in [2.75, 3.05) is 6.54 Å². The van der Waals surface area contributed by atoms with Crippen LogP contribution in [0, 0.1) is 5.82 Å². The minimum Gasteiger partial charge on any atom is -0.393 e. The maximum atomic E-state index is 12.7. The predicted octanol–water partition coefficient (Wildman–Crippen LogP) is 1.47. The first-order valence-electron chi connectivity index (χ1n) is 5.20. The highest BCUT2D eigenvalue weighted by molar-refractivity contribution is 5.09. The molecule has 15 heavy (non-hydrogen) atoms. The van der Waals surface area contributed by atoms with E-state index in [0.29, 0.717) is 6.54 Å². The second kappa shape index (κ2) is 6.48. The number of hydrogen-bond donors (Lipinski definition) is 2. The number of hydrogen-bond acceptors (Lipinski definition) is 3. The van der Waals surface area contributed by atoms with E-state index < -0.39 is 0 Å². The molecule has 0 aliphatic heterocycles. The smallest absolute Gasteiger partial charge is 0.141 e. The van der Waals surface area contributed by atoms with E-state index in [-0.39, 0.29) is 11.9 Å². The molecule has 1 atom stereocenters. The van der Waals surface area contributed by atoms with Gasteiger partial charge in [-0.15, -0.1) is 0 Å². The summed E-state index contributed by atoms with van der Waals surface area (Å²) >= 11 is 0. The van der Waals surface area contributed by atoms with Crippen molar-refractivity contribution in [2.45, 2.75) is 32.4 Å². The number of aliphatic hydroxyl groups excluding tert-OH is 1. The van der Waals surface area contributed by atoms with Crippen molar-refractivity contribution in [3.8, 4) is 0 Å². The molecule has 3 nitrogen and oxygen atoms in total. The number of nitrogens with zero attached hydrogens (tertiary/aromatic N) is 1. The van der Waals surface area contributed by atoms with Gasteiger partial charge >= 0.3 is 0 Å². The molecule has 1 aromatic heterocycles. The van der Waals surface area contributed by atoms with Crippen LogP contribution in [0.1, 0.15) is 25.3 Å². The van der Waals surface area contributed by atoms with Crippen molar-refractivity contribution in [3.05, 3.63) is 29.8 Å². The molecule has 0 radical (unpaired) electrons. The zero-order valence-electron chi connectivity index (χ0n) is 8.91. The fraction of sp³-hybridized carbons (Fsp3) is 0.545. The molecule has 0 aromatic carbocycles. The van der Waals surface area contributed by atoms with E-state index in [0.717, 1.165) is 24.9 Å². The highest BCUT2D eigenvalue weighted by atomic mass is 19.1. The van der Waals surface area contributed by atoms with E-state index in [1.54, 1.807) is 6.20 Å². The van der Waals surface area contributed by atoms with E-state index in [1.165, 1.54) is 12.3 Å². The van der Waals surface area contributed by atoms with E-state index in [9.17, 15) is 9.50 Å². The number of rotatable bonds is 6. The molecule has 0 amide bonds. The van der Waals surface area contributed by atoms with Gasteiger partial charge in [-0.05, 0) is 31.0 Å². The summed E-state index contributed by atoms with van der Waals surface area (Å²) in [5, 5.41) is 12.4. The number of pyridine rings is 1. The van der Waals surface area contributed by atoms with Crippen molar-refractivity contribution >= 4 is 0 Å². The van der Waals surface area contributed by atoms with Gasteiger partial charge in [-0.1, -0.05) is 6.92 Å². The van der Waals surface area contributed by atoms with E-state index in [2.05, 4.69) is 10.3 Å². The normalized spacial score (nSPS) is 12.7. The summed E-state index contributed by atoms with van der Waals surface area (Å²) in [4.78, 5) is 3.75. The average Bonchev–Trinajstić information content (AvgIpc) is 2.24. The van der Waals surface area contributed by atoms with Crippen molar-refractivity contribution in [1.29, 1.82) is 0 Å². The third-order valence-corrected chi connectivity index (χ3v) is 2.22. The number of halogens is 1. The van der Waals surface area contributed by atoms with E-state index in [4.69, 9.17) is 0 Å². The summed E-state index contributed by atoms with van der Waals surface area (Å²) in [5.41, 5.74) is 0.820. The second-order valence-corrected chi connectivity index (χ2v) is 3.54. The Kier molecular flexibility index (Phi) is 5.21. The molecule has 0 fully saturated rings. The first kappa shape index (κ1) is 12.1. The Labute approximate surface area is 89.4 Å². The summed E-state index contributed by atoms with van der Waals surface area (Å²) in [6, 6.07) is 1.45. The number of aliphatic hydroxyl groups is 1. The van der Waals surface area contributed by atoms with Crippen LogP contribution in [-0.2, 0) is 6.54 Å². The third kappa shape index (κ3) is 4.85. The van der Waals surface area contributed by atoms with Crippen LogP contribution < -0.4 is 5.32 Å². The fourth-order valence-electron chi connectivity index (χ4n) is 1.26. The van der Waals surface area contributed by atoms with Crippen LogP contribution in [0.5, 0.6) is 0 Å². The maximum absolute atomic E-state index is 12.7. The third-order valence-electron chi connectivity index (χ3n) is 2.22. The van der Waals surface area contributed by atoms with Crippen LogP contribution in [0.4, 0.5) is 4.39 Å². The summed E-state index contributed by atoms with van der Waals surface area (Å²) in [6.45, 7) is 3.26. The molecule has 0 saturated carbocycles. The Morgan fingerprint density at radius 2 is 2.33 bits per heavy atom. The zero-order valence-corrected chi connectivity index (χ0v) is 8.91. The maximum Gasteiger partial charge on any atom is 0.141 e. The van der Waals surface area contributed by atoms with Crippen LogP contribution >= 0.6 is 0 Å². The Morgan fingerprint density at radius 3 is 3.00 bits per heavy atom. The molecule has 84 valence electrons. The van der Waals surface area contributed by atoms with Gasteiger partial charge in [0.15, 0.2) is 0 Å². The molecular formula is C11H17FN2O. The standard InChI is InChI=1S/C11H17FN2O/c1-2-11(15)3-4-13-6-9-5-10(12)8-14-7-9/h5,7-8,11,13,15H,2-4,6H2,1H3. The number of aromatic nitrogens is 1. The van der Waals surface area contributed by atoms with Gasteiger partial charge in [-0.25, -0.2) is 4.39 Å². The van der Waals surface area contributed by atoms with Gasteiger partial charge in [-0.3, -0.25) is 4.98 Å². The molecule has 0 bridgehead atoms. The molecule has 0 spiro atoms. The highest BCUT2D eigenvalue weighted by Gasteiger charge is 2.00. The van der Waals surface area contributed by atoms with Crippen molar-refractivity contribution in [1.82, 2.24) is 10.3 Å². The molecule has 1 rings (SSSR count). The van der Waals surface area contributed by atoms with Gasteiger partial charge in [0.05, 0.1) is 12.3 Å². The van der Waals surface area contributed by atoms with Crippen molar-refractivity contribution in [3.63, 3.8) is 0 Å². The molecule has 2 N–H and O–H groups in total. The molecule has 0 saturated heterocycles. The largest absolute Gasteiger partial charge is 0.393 e. The lowest BCUT2D eigenvalue weighted by Crippen LogP contribution is -2.19. The Balaban J connectivity index is 2.20. The SMILES string of the molecule is CCC(O)CCNCc1cncc(F)c1. The molecular weight excluding hydrogens is 195 g/mol. The fourth-order valence-corrected chi connectivity index (χ4v) is 1.26. The highest BCUT2D eigenvalue weighted by Crippen LogP contribution is 2.00. The molecule has 1 unspecified atom stereocenters.